The molecule has 90 valence electrons. The van der Waals surface area contributed by atoms with E-state index in [4.69, 9.17) is 11.5 Å². The summed E-state index contributed by atoms with van der Waals surface area (Å²) in [7, 11) is 3.80. The predicted molar refractivity (Wildman–Crippen MR) is 53.1 cm³/mol. The highest BCUT2D eigenvalue weighted by molar-refractivity contribution is 5.75. The lowest BCUT2D eigenvalue weighted by Gasteiger charge is -2.28. The van der Waals surface area contributed by atoms with Crippen molar-refractivity contribution < 1.29 is 26.5 Å². The molecule has 0 unspecified atom stereocenters. The summed E-state index contributed by atoms with van der Waals surface area (Å²) in [5.41, 5.74) is 10.0. The van der Waals surface area contributed by atoms with E-state index in [1.54, 1.807) is 0 Å². The third kappa shape index (κ3) is 11.1. The fourth-order valence-electron chi connectivity index (χ4n) is 1.09. The molecule has 7 heteroatoms. The van der Waals surface area contributed by atoms with Crippen molar-refractivity contribution in [2.45, 2.75) is 0 Å². The van der Waals surface area contributed by atoms with Gasteiger partial charge in [-0.2, -0.15) is 0 Å². The van der Waals surface area contributed by atoms with Crippen molar-refractivity contribution in [1.29, 1.82) is 0 Å². The maximum atomic E-state index is 10.7. The molecule has 0 heterocycles. The van der Waals surface area contributed by atoms with Crippen molar-refractivity contribution in [3.63, 3.8) is 0 Å². The number of carbonyl (C=O) groups excluding carboxylic acids is 2. The molecule has 0 atom stereocenters. The van der Waals surface area contributed by atoms with Crippen LogP contribution in [0.2, 0.25) is 0 Å². The molecule has 0 radical (unpaired) electrons. The second-order valence-corrected chi connectivity index (χ2v) is 3.93. The van der Waals surface area contributed by atoms with Crippen molar-refractivity contribution in [3.05, 3.63) is 0 Å². The van der Waals surface area contributed by atoms with Gasteiger partial charge in [-0.05, 0) is 0 Å². The van der Waals surface area contributed by atoms with Crippen molar-refractivity contribution in [2.75, 3.05) is 40.3 Å². The molecule has 0 aromatic rings. The number of quaternary nitrogens is 1. The molecule has 2 amide bonds. The van der Waals surface area contributed by atoms with E-state index >= 15 is 0 Å². The first-order chi connectivity index (χ1) is 6.33. The van der Waals surface area contributed by atoms with Gasteiger partial charge in [0.15, 0.2) is 6.54 Å². The minimum Gasteiger partial charge on any atom is -1.00 e. The molecule has 6 nitrogen and oxygen atoms in total. The molecule has 0 aromatic carbocycles. The average Bonchev–Trinajstić information content (AvgIpc) is 1.95. The second kappa shape index (κ2) is 7.44. The van der Waals surface area contributed by atoms with Gasteiger partial charge in [-0.25, -0.2) is 0 Å². The summed E-state index contributed by atoms with van der Waals surface area (Å²) in [4.78, 5) is 21.1. The van der Waals surface area contributed by atoms with E-state index in [2.05, 4.69) is 5.32 Å². The van der Waals surface area contributed by atoms with E-state index in [1.807, 2.05) is 14.1 Å². The Labute approximate surface area is 96.0 Å². The quantitative estimate of drug-likeness (QED) is 0.305. The van der Waals surface area contributed by atoms with Crippen LogP contribution >= 0.6 is 0 Å². The van der Waals surface area contributed by atoms with E-state index in [1.165, 1.54) is 0 Å². The maximum absolute atomic E-state index is 10.7. The third-order valence-corrected chi connectivity index (χ3v) is 1.78. The highest BCUT2D eigenvalue weighted by atomic mass is 35.5. The monoisotopic (exact) mass is 238 g/mol. The van der Waals surface area contributed by atoms with Crippen LogP contribution in [-0.2, 0) is 9.59 Å². The van der Waals surface area contributed by atoms with E-state index in [0.29, 0.717) is 11.0 Å². The van der Waals surface area contributed by atoms with Gasteiger partial charge in [-0.3, -0.25) is 9.59 Å². The Kier molecular flexibility index (Phi) is 8.22. The van der Waals surface area contributed by atoms with Crippen molar-refractivity contribution >= 4 is 11.8 Å². The molecule has 0 fully saturated rings. The number of likely N-dealkylation sites (N-methyl/N-ethyl adjacent to an activating group) is 1. The Morgan fingerprint density at radius 1 is 1.20 bits per heavy atom. The lowest BCUT2D eigenvalue weighted by molar-refractivity contribution is -0.881. The van der Waals surface area contributed by atoms with Gasteiger partial charge >= 0.3 is 0 Å². The summed E-state index contributed by atoms with van der Waals surface area (Å²) in [6.45, 7) is 1.80. The summed E-state index contributed by atoms with van der Waals surface area (Å²) in [5.74, 6) is -0.713. The van der Waals surface area contributed by atoms with Crippen LogP contribution in [-0.4, -0.2) is 56.6 Å². The normalized spacial score (nSPS) is 10.5. The number of nitrogens with two attached hydrogens (primary N) is 2. The van der Waals surface area contributed by atoms with Gasteiger partial charge in [0, 0.05) is 6.54 Å². The fraction of sp³-hybridized carbons (Fsp3) is 0.750. The third-order valence-electron chi connectivity index (χ3n) is 1.78. The minimum atomic E-state index is -0.384. The summed E-state index contributed by atoms with van der Waals surface area (Å²) in [6, 6.07) is 0. The molecule has 15 heavy (non-hydrogen) atoms. The maximum Gasteiger partial charge on any atom is 0.272 e. The standard InChI is InChI=1S/C8H18N4O2.ClH/c1-12(2,6-8(10)14)4-3-11-5-7(9)13;/h11H,3-6H2,1-2H3,(H3-,9,10,13,14);1H. The fourth-order valence-corrected chi connectivity index (χ4v) is 1.09. The Hall–Kier alpha value is -0.850. The van der Waals surface area contributed by atoms with Gasteiger partial charge in [0.2, 0.25) is 5.91 Å². The molecule has 0 bridgehead atoms. The van der Waals surface area contributed by atoms with Crippen LogP contribution < -0.4 is 29.2 Å². The van der Waals surface area contributed by atoms with E-state index in [0.717, 1.165) is 6.54 Å². The number of halogens is 1. The molecular weight excluding hydrogens is 220 g/mol. The first-order valence-corrected chi connectivity index (χ1v) is 4.43. The molecule has 0 saturated heterocycles. The molecule has 0 aromatic heterocycles. The number of nitrogens with zero attached hydrogens (tertiary/aromatic N) is 1. The van der Waals surface area contributed by atoms with Crippen molar-refractivity contribution in [2.24, 2.45) is 11.5 Å². The number of carbonyl (C=O) groups is 2. The summed E-state index contributed by atoms with van der Waals surface area (Å²) in [5, 5.41) is 2.87. The van der Waals surface area contributed by atoms with Crippen LogP contribution in [0.1, 0.15) is 0 Å². The lowest BCUT2D eigenvalue weighted by atomic mass is 10.4. The largest absolute Gasteiger partial charge is 1.00 e. The molecule has 0 aliphatic rings. The van der Waals surface area contributed by atoms with Gasteiger partial charge in [0.05, 0.1) is 27.2 Å². The summed E-state index contributed by atoms with van der Waals surface area (Å²) in [6.07, 6.45) is 0. The Morgan fingerprint density at radius 3 is 2.13 bits per heavy atom. The second-order valence-electron chi connectivity index (χ2n) is 3.93. The van der Waals surface area contributed by atoms with Gasteiger partial charge in [-0.1, -0.05) is 0 Å². The zero-order valence-electron chi connectivity index (χ0n) is 9.12. The number of hydrogen-bond donors (Lipinski definition) is 3. The van der Waals surface area contributed by atoms with E-state index in [-0.39, 0.29) is 37.3 Å². The van der Waals surface area contributed by atoms with Crippen LogP contribution in [0.5, 0.6) is 0 Å². The zero-order valence-corrected chi connectivity index (χ0v) is 9.88. The smallest absolute Gasteiger partial charge is 0.272 e. The van der Waals surface area contributed by atoms with Gasteiger partial charge in [0.1, 0.15) is 0 Å². The van der Waals surface area contributed by atoms with Crippen LogP contribution in [0, 0.1) is 0 Å². The van der Waals surface area contributed by atoms with Crippen molar-refractivity contribution in [1.82, 2.24) is 5.32 Å². The number of primary amides is 2. The lowest BCUT2D eigenvalue weighted by Crippen LogP contribution is -3.00. The number of nitrogens with one attached hydrogen (secondary N) is 1. The number of rotatable bonds is 7. The molecule has 0 aliphatic heterocycles. The Morgan fingerprint density at radius 2 is 1.73 bits per heavy atom. The van der Waals surface area contributed by atoms with Crippen LogP contribution in [0.25, 0.3) is 0 Å². The van der Waals surface area contributed by atoms with Gasteiger partial charge < -0.3 is 33.7 Å². The topological polar surface area (TPSA) is 98.2 Å². The van der Waals surface area contributed by atoms with E-state index < -0.39 is 0 Å². The number of amides is 2. The highest BCUT2D eigenvalue weighted by Crippen LogP contribution is 1.93. The SMILES string of the molecule is C[N+](C)(CCNCC(N)=O)CC(N)=O.[Cl-]. The van der Waals surface area contributed by atoms with Crippen molar-refractivity contribution in [3.8, 4) is 0 Å². The van der Waals surface area contributed by atoms with E-state index in [9.17, 15) is 9.59 Å². The average molecular weight is 239 g/mol. The summed E-state index contributed by atoms with van der Waals surface area (Å²) >= 11 is 0. The molecule has 0 saturated carbocycles. The first kappa shape index (κ1) is 16.6. The molecule has 0 spiro atoms. The van der Waals surface area contributed by atoms with Crippen LogP contribution in [0.4, 0.5) is 0 Å². The summed E-state index contributed by atoms with van der Waals surface area (Å²) < 4.78 is 0.501. The predicted octanol–water partition coefficient (Wildman–Crippen LogP) is -5.37. The molecule has 0 rings (SSSR count). The first-order valence-electron chi connectivity index (χ1n) is 4.43. The molecular formula is C8H19ClN4O2. The zero-order chi connectivity index (χ0) is 11.2. The minimum absolute atomic E-state index is 0. The van der Waals surface area contributed by atoms with Crippen LogP contribution in [0.3, 0.4) is 0 Å². The molecule has 0 aliphatic carbocycles. The highest BCUT2D eigenvalue weighted by Gasteiger charge is 2.17. The van der Waals surface area contributed by atoms with Gasteiger partial charge in [-0.15, -0.1) is 0 Å². The Balaban J connectivity index is 0. The number of hydrogen-bond acceptors (Lipinski definition) is 3. The Bertz CT molecular complexity index is 221. The van der Waals surface area contributed by atoms with Gasteiger partial charge in [0.25, 0.3) is 5.91 Å². The van der Waals surface area contributed by atoms with Crippen LogP contribution in [0.15, 0.2) is 0 Å². The molecule has 5 N–H and O–H groups in total.